The molecular weight excluding hydrogens is 963 g/mol. The van der Waals surface area contributed by atoms with E-state index < -0.39 is 16.2 Å². The number of para-hydroxylation sites is 2. The Bertz CT molecular complexity index is 4270. The molecule has 6 aliphatic rings. The molecule has 0 bridgehead atoms. The van der Waals surface area contributed by atoms with Crippen molar-refractivity contribution in [3.63, 3.8) is 0 Å². The molecule has 12 aromatic carbocycles. The summed E-state index contributed by atoms with van der Waals surface area (Å²) < 4.78 is 6.85. The molecule has 2 nitrogen and oxygen atoms in total. The molecule has 3 spiro atoms. The Morgan fingerprint density at radius 1 is 0.256 bits per heavy atom. The highest BCUT2D eigenvalue weighted by Crippen LogP contribution is 2.69. The van der Waals surface area contributed by atoms with Crippen LogP contribution in [0.15, 0.2) is 283 Å². The summed E-state index contributed by atoms with van der Waals surface area (Å²) in [4.78, 5) is 5.24. The van der Waals surface area contributed by atoms with Gasteiger partial charge in [-0.1, -0.05) is 236 Å². The van der Waals surface area contributed by atoms with Crippen LogP contribution in [-0.2, 0) is 16.2 Å². The third kappa shape index (κ3) is 5.03. The van der Waals surface area contributed by atoms with Gasteiger partial charge in [0.05, 0.1) is 27.6 Å². The van der Waals surface area contributed by atoms with Crippen LogP contribution in [0.4, 0.5) is 17.1 Å². The number of ether oxygens (including phenoxy) is 1. The summed E-state index contributed by atoms with van der Waals surface area (Å²) in [6.45, 7) is 0. The smallest absolute Gasteiger partial charge is 0.132 e. The second-order valence-electron chi connectivity index (χ2n) is 21.6. The van der Waals surface area contributed by atoms with Gasteiger partial charge < -0.3 is 9.64 Å². The van der Waals surface area contributed by atoms with Gasteiger partial charge in [-0.2, -0.15) is 0 Å². The molecule has 0 saturated heterocycles. The third-order valence-electron chi connectivity index (χ3n) is 18.4. The average Bonchev–Trinajstić information content (AvgIpc) is 4.37. The van der Waals surface area contributed by atoms with Crippen molar-refractivity contribution in [2.24, 2.45) is 0 Å². The van der Waals surface area contributed by atoms with Crippen LogP contribution in [0, 0.1) is 0 Å². The quantitative estimate of drug-likeness (QED) is 0.175. The molecular formula is C75H45NOS. The van der Waals surface area contributed by atoms with E-state index in [1.807, 2.05) is 11.8 Å². The summed E-state index contributed by atoms with van der Waals surface area (Å²) in [6.07, 6.45) is 0. The number of hydrogen-bond acceptors (Lipinski definition) is 3. The van der Waals surface area contributed by atoms with E-state index in [0.29, 0.717) is 0 Å². The van der Waals surface area contributed by atoms with Crippen molar-refractivity contribution >= 4 is 28.8 Å². The molecule has 12 aromatic rings. The SMILES string of the molecule is c1ccc2c(c1)Oc1ccccc1C21c2ccccc2-c2c(N(c3ccc4c(c3)C3(c5ccccc5-c5ccccc53)c3ccccc3-4)c3cccc4c3-c3ccccc3C43c4ccccc4Sc4ccccc43)cccc21. The Balaban J connectivity index is 0.982. The van der Waals surface area contributed by atoms with Crippen LogP contribution in [0.25, 0.3) is 44.5 Å². The Kier molecular flexibility index (Phi) is 8.43. The van der Waals surface area contributed by atoms with E-state index in [4.69, 9.17) is 4.74 Å². The lowest BCUT2D eigenvalue weighted by atomic mass is 9.66. The van der Waals surface area contributed by atoms with Crippen LogP contribution < -0.4 is 9.64 Å². The first-order valence-corrected chi connectivity index (χ1v) is 28.0. The summed E-state index contributed by atoms with van der Waals surface area (Å²) in [5.74, 6) is 1.77. The van der Waals surface area contributed by atoms with Gasteiger partial charge in [0.15, 0.2) is 0 Å². The van der Waals surface area contributed by atoms with Gasteiger partial charge in [-0.15, -0.1) is 0 Å². The fraction of sp³-hybridized carbons (Fsp3) is 0.0400. The Hall–Kier alpha value is -9.41. The van der Waals surface area contributed by atoms with Crippen LogP contribution in [0.1, 0.15) is 66.8 Å². The van der Waals surface area contributed by atoms with Crippen LogP contribution in [0.3, 0.4) is 0 Å². The summed E-state index contributed by atoms with van der Waals surface area (Å²) in [7, 11) is 0. The van der Waals surface area contributed by atoms with Crippen molar-refractivity contribution in [2.75, 3.05) is 4.90 Å². The first-order valence-electron chi connectivity index (χ1n) is 27.2. The van der Waals surface area contributed by atoms with E-state index >= 15 is 0 Å². The summed E-state index contributed by atoms with van der Waals surface area (Å²) in [5, 5.41) is 0. The molecule has 0 radical (unpaired) electrons. The van der Waals surface area contributed by atoms with E-state index in [2.05, 4.69) is 278 Å². The Morgan fingerprint density at radius 2 is 0.590 bits per heavy atom. The summed E-state index contributed by atoms with van der Waals surface area (Å²) in [5.41, 5.74) is 27.1. The molecule has 2 heterocycles. The minimum atomic E-state index is -0.650. The molecule has 3 heteroatoms. The predicted octanol–water partition coefficient (Wildman–Crippen LogP) is 18.8. The summed E-state index contributed by atoms with van der Waals surface area (Å²) >= 11 is 1.89. The minimum absolute atomic E-state index is 0.534. The number of hydrogen-bond donors (Lipinski definition) is 0. The first kappa shape index (κ1) is 42.8. The zero-order valence-electron chi connectivity index (χ0n) is 42.2. The van der Waals surface area contributed by atoms with Crippen molar-refractivity contribution < 1.29 is 4.74 Å². The number of nitrogens with zero attached hydrogens (tertiary/aromatic N) is 1. The summed E-state index contributed by atoms with van der Waals surface area (Å²) in [6, 6.07) is 103. The second-order valence-corrected chi connectivity index (χ2v) is 22.7. The molecule has 0 amide bonds. The predicted molar refractivity (Wildman–Crippen MR) is 316 cm³/mol. The fourth-order valence-electron chi connectivity index (χ4n) is 15.8. The highest BCUT2D eigenvalue weighted by molar-refractivity contribution is 7.99. The van der Waals surface area contributed by atoms with Crippen molar-refractivity contribution in [1.82, 2.24) is 0 Å². The van der Waals surface area contributed by atoms with E-state index in [-0.39, 0.29) is 0 Å². The van der Waals surface area contributed by atoms with Crippen LogP contribution in [0.5, 0.6) is 11.5 Å². The first-order chi connectivity index (χ1) is 38.7. The largest absolute Gasteiger partial charge is 0.457 e. The maximum absolute atomic E-state index is 6.85. The third-order valence-corrected chi connectivity index (χ3v) is 19.6. The average molecular weight is 1010 g/mol. The lowest BCUT2D eigenvalue weighted by molar-refractivity contribution is 0.436. The monoisotopic (exact) mass is 1010 g/mol. The number of anilines is 3. The van der Waals surface area contributed by atoms with Gasteiger partial charge >= 0.3 is 0 Å². The van der Waals surface area contributed by atoms with Crippen LogP contribution in [0.2, 0.25) is 0 Å². The lowest BCUT2D eigenvalue weighted by Gasteiger charge is -2.40. The van der Waals surface area contributed by atoms with Gasteiger partial charge in [0.25, 0.3) is 0 Å². The van der Waals surface area contributed by atoms with Gasteiger partial charge in [0.2, 0.25) is 0 Å². The van der Waals surface area contributed by atoms with Crippen molar-refractivity contribution in [1.29, 1.82) is 0 Å². The highest BCUT2D eigenvalue weighted by Gasteiger charge is 2.55. The molecule has 4 aliphatic carbocycles. The van der Waals surface area contributed by atoms with Crippen molar-refractivity contribution in [3.8, 4) is 56.0 Å². The standard InChI is InChI=1S/C75H45NOS/c1-6-26-53-47(21-1)48-22-2-7-27-54(48)73(53)55-28-8-3-23-49(55)50-44-43-46(45-64(50)73)76(65-37-19-35-62-71(65)51-24-4-9-29-56(51)74(62)58-31-11-15-39-67(58)77-68-40-16-12-32-59(68)74)66-38-20-36-63-72(66)52-25-5-10-30-57(52)75(63)60-33-13-17-41-69(60)78-70-42-18-14-34-61(70)75/h1-45H. The van der Waals surface area contributed by atoms with E-state index in [0.717, 1.165) is 39.7 Å². The Morgan fingerprint density at radius 3 is 1.06 bits per heavy atom. The number of rotatable bonds is 3. The van der Waals surface area contributed by atoms with E-state index in [1.54, 1.807) is 0 Å². The molecule has 78 heavy (non-hydrogen) atoms. The zero-order chi connectivity index (χ0) is 50.9. The van der Waals surface area contributed by atoms with Crippen LogP contribution >= 0.6 is 11.8 Å². The fourth-order valence-corrected chi connectivity index (χ4v) is 17.0. The normalized spacial score (nSPS) is 15.3. The Labute approximate surface area is 457 Å². The molecule has 0 unspecified atom stereocenters. The van der Waals surface area contributed by atoms with Gasteiger partial charge in [-0.25, -0.2) is 0 Å². The van der Waals surface area contributed by atoms with Crippen LogP contribution in [-0.4, -0.2) is 0 Å². The van der Waals surface area contributed by atoms with Crippen molar-refractivity contribution in [2.45, 2.75) is 26.0 Å². The van der Waals surface area contributed by atoms with E-state index in [1.165, 1.54) is 110 Å². The highest BCUT2D eigenvalue weighted by atomic mass is 32.2. The molecule has 362 valence electrons. The minimum Gasteiger partial charge on any atom is -0.457 e. The van der Waals surface area contributed by atoms with Crippen molar-refractivity contribution in [3.05, 3.63) is 340 Å². The van der Waals surface area contributed by atoms with Gasteiger partial charge in [0, 0.05) is 37.7 Å². The maximum Gasteiger partial charge on any atom is 0.132 e. The molecule has 0 fully saturated rings. The second kappa shape index (κ2) is 15.4. The molecule has 2 aliphatic heterocycles. The zero-order valence-corrected chi connectivity index (χ0v) is 43.1. The lowest BCUT2D eigenvalue weighted by Crippen LogP contribution is -2.32. The maximum atomic E-state index is 6.85. The molecule has 0 saturated carbocycles. The number of fused-ring (bicyclic) bond motifs is 28. The van der Waals surface area contributed by atoms with Gasteiger partial charge in [0.1, 0.15) is 11.5 Å². The van der Waals surface area contributed by atoms with Gasteiger partial charge in [-0.05, 0) is 138 Å². The molecule has 18 rings (SSSR count). The number of benzene rings is 12. The molecule has 0 N–H and O–H groups in total. The molecule has 0 atom stereocenters. The topological polar surface area (TPSA) is 12.5 Å². The molecule has 0 aromatic heterocycles. The van der Waals surface area contributed by atoms with Gasteiger partial charge in [-0.3, -0.25) is 0 Å². The van der Waals surface area contributed by atoms with E-state index in [9.17, 15) is 0 Å².